The second-order valence-electron chi connectivity index (χ2n) is 5.28. The van der Waals surface area contributed by atoms with E-state index >= 15 is 0 Å². The Morgan fingerprint density at radius 3 is 2.68 bits per heavy atom. The predicted octanol–water partition coefficient (Wildman–Crippen LogP) is 3.76. The van der Waals surface area contributed by atoms with Crippen LogP contribution in [0.25, 0.3) is 0 Å². The van der Waals surface area contributed by atoms with E-state index in [1.54, 1.807) is 18.9 Å². The summed E-state index contributed by atoms with van der Waals surface area (Å²) in [6.07, 6.45) is 0.580. The van der Waals surface area contributed by atoms with Crippen molar-refractivity contribution in [1.82, 2.24) is 4.90 Å². The van der Waals surface area contributed by atoms with Crippen molar-refractivity contribution in [3.63, 3.8) is 0 Å². The summed E-state index contributed by atoms with van der Waals surface area (Å²) < 4.78 is 10.8. The van der Waals surface area contributed by atoms with E-state index < -0.39 is 0 Å². The fourth-order valence-electron chi connectivity index (χ4n) is 2.58. The van der Waals surface area contributed by atoms with Crippen molar-refractivity contribution in [3.05, 3.63) is 53.5 Å². The maximum Gasteiger partial charge on any atom is 0.224 e. The maximum absolute atomic E-state index is 12.4. The molecule has 5 heteroatoms. The van der Waals surface area contributed by atoms with Crippen LogP contribution in [0.4, 0.5) is 0 Å². The Morgan fingerprint density at radius 1 is 1.27 bits per heavy atom. The van der Waals surface area contributed by atoms with Crippen molar-refractivity contribution in [2.24, 2.45) is 0 Å². The maximum atomic E-state index is 12.4. The van der Waals surface area contributed by atoms with Gasteiger partial charge in [-0.15, -0.1) is 11.8 Å². The molecule has 116 valence electrons. The zero-order valence-electron chi connectivity index (χ0n) is 12.7. The van der Waals surface area contributed by atoms with Gasteiger partial charge in [0.15, 0.2) is 0 Å². The molecule has 1 amide bonds. The van der Waals surface area contributed by atoms with E-state index in [-0.39, 0.29) is 11.3 Å². The summed E-state index contributed by atoms with van der Waals surface area (Å²) in [6, 6.07) is 11.8. The summed E-state index contributed by atoms with van der Waals surface area (Å²) >= 11 is 1.79. The number of carbonyl (C=O) groups is 1. The molecule has 2 aromatic rings. The van der Waals surface area contributed by atoms with Crippen molar-refractivity contribution in [2.45, 2.75) is 25.3 Å². The molecule has 0 N–H and O–H groups in total. The van der Waals surface area contributed by atoms with Crippen LogP contribution < -0.4 is 4.74 Å². The van der Waals surface area contributed by atoms with Gasteiger partial charge in [-0.3, -0.25) is 4.79 Å². The summed E-state index contributed by atoms with van der Waals surface area (Å²) in [4.78, 5) is 14.3. The Balaban J connectivity index is 1.83. The molecular formula is C17H19NO3S. The first-order valence-electron chi connectivity index (χ1n) is 7.27. The van der Waals surface area contributed by atoms with Crippen LogP contribution in [0, 0.1) is 6.92 Å². The molecule has 0 radical (unpaired) electrons. The highest BCUT2D eigenvalue weighted by atomic mass is 32.2. The van der Waals surface area contributed by atoms with Crippen LogP contribution in [0.1, 0.15) is 28.9 Å². The topological polar surface area (TPSA) is 42.7 Å². The third-order valence-corrected chi connectivity index (χ3v) is 5.00. The molecule has 1 aliphatic rings. The highest BCUT2D eigenvalue weighted by Gasteiger charge is 2.30. The normalized spacial score (nSPS) is 18.5. The van der Waals surface area contributed by atoms with Gasteiger partial charge in [-0.05, 0) is 36.8 Å². The molecule has 22 heavy (non-hydrogen) atoms. The van der Waals surface area contributed by atoms with Gasteiger partial charge in [0.25, 0.3) is 0 Å². The zero-order chi connectivity index (χ0) is 15.5. The molecule has 2 heterocycles. The fraction of sp³-hybridized carbons (Fsp3) is 0.353. The average Bonchev–Trinajstić information content (AvgIpc) is 2.95. The molecule has 1 fully saturated rings. The highest BCUT2D eigenvalue weighted by molar-refractivity contribution is 7.99. The van der Waals surface area contributed by atoms with Gasteiger partial charge in [-0.1, -0.05) is 12.1 Å². The van der Waals surface area contributed by atoms with Crippen molar-refractivity contribution >= 4 is 17.7 Å². The molecule has 1 atom stereocenters. The Morgan fingerprint density at radius 2 is 2.05 bits per heavy atom. The van der Waals surface area contributed by atoms with Crippen LogP contribution in [0.5, 0.6) is 5.75 Å². The van der Waals surface area contributed by atoms with Crippen molar-refractivity contribution in [3.8, 4) is 5.75 Å². The monoisotopic (exact) mass is 317 g/mol. The van der Waals surface area contributed by atoms with Crippen LogP contribution in [0.15, 0.2) is 40.8 Å². The van der Waals surface area contributed by atoms with E-state index in [0.29, 0.717) is 13.0 Å². The molecule has 1 aromatic heterocycles. The minimum Gasteiger partial charge on any atom is -0.497 e. The van der Waals surface area contributed by atoms with Crippen molar-refractivity contribution in [1.29, 1.82) is 0 Å². The van der Waals surface area contributed by atoms with E-state index in [2.05, 4.69) is 0 Å². The molecule has 0 aliphatic carbocycles. The van der Waals surface area contributed by atoms with Gasteiger partial charge in [-0.2, -0.15) is 0 Å². The molecule has 0 spiro atoms. The Bertz CT molecular complexity index is 650. The number of thioether (sulfide) groups is 1. The number of hydrogen-bond acceptors (Lipinski definition) is 4. The Labute approximate surface area is 134 Å². The molecule has 3 rings (SSSR count). The minimum absolute atomic E-state index is 0.0255. The first-order valence-corrected chi connectivity index (χ1v) is 8.32. The SMILES string of the molecule is COc1ccc(C2SCCC(=O)N2Cc2ccc(C)o2)cc1. The van der Waals surface area contributed by atoms with E-state index in [4.69, 9.17) is 9.15 Å². The number of hydrogen-bond donors (Lipinski definition) is 0. The van der Waals surface area contributed by atoms with Crippen LogP contribution in [0.3, 0.4) is 0 Å². The number of methoxy groups -OCH3 is 1. The number of aryl methyl sites for hydroxylation is 1. The van der Waals surface area contributed by atoms with Gasteiger partial charge in [-0.25, -0.2) is 0 Å². The van der Waals surface area contributed by atoms with Gasteiger partial charge in [0, 0.05) is 12.2 Å². The van der Waals surface area contributed by atoms with Gasteiger partial charge >= 0.3 is 0 Å². The van der Waals surface area contributed by atoms with Crippen LogP contribution in [-0.4, -0.2) is 23.7 Å². The summed E-state index contributed by atoms with van der Waals surface area (Å²) in [5.74, 6) is 3.54. The number of amides is 1. The molecule has 4 nitrogen and oxygen atoms in total. The number of carbonyl (C=O) groups excluding carboxylic acids is 1. The summed E-state index contributed by atoms with van der Waals surface area (Å²) in [7, 11) is 1.65. The molecule has 1 unspecified atom stereocenters. The zero-order valence-corrected chi connectivity index (χ0v) is 13.6. The summed E-state index contributed by atoms with van der Waals surface area (Å²) in [5.41, 5.74) is 1.11. The number of rotatable bonds is 4. The third kappa shape index (κ3) is 3.14. The lowest BCUT2D eigenvalue weighted by atomic mass is 10.2. The highest BCUT2D eigenvalue weighted by Crippen LogP contribution is 2.38. The van der Waals surface area contributed by atoms with Crippen molar-refractivity contribution < 1.29 is 13.9 Å². The summed E-state index contributed by atoms with van der Waals surface area (Å²) in [5, 5.41) is 0.0255. The van der Waals surface area contributed by atoms with Gasteiger partial charge in [0.1, 0.15) is 22.6 Å². The number of furan rings is 1. The molecule has 0 saturated carbocycles. The largest absolute Gasteiger partial charge is 0.497 e. The second kappa shape index (κ2) is 6.48. The van der Waals surface area contributed by atoms with Gasteiger partial charge in [0.05, 0.1) is 13.7 Å². The van der Waals surface area contributed by atoms with E-state index in [9.17, 15) is 4.79 Å². The van der Waals surface area contributed by atoms with E-state index in [1.165, 1.54) is 0 Å². The van der Waals surface area contributed by atoms with Crippen LogP contribution >= 0.6 is 11.8 Å². The molecule has 0 bridgehead atoms. The number of ether oxygens (including phenoxy) is 1. The van der Waals surface area contributed by atoms with Gasteiger partial charge < -0.3 is 14.1 Å². The minimum atomic E-state index is 0.0255. The van der Waals surface area contributed by atoms with E-state index in [0.717, 1.165) is 28.6 Å². The molecule has 1 aromatic carbocycles. The van der Waals surface area contributed by atoms with Gasteiger partial charge in [0.2, 0.25) is 5.91 Å². The Hall–Kier alpha value is -1.88. The lowest BCUT2D eigenvalue weighted by Crippen LogP contribution is -2.36. The first kappa shape index (κ1) is 15.0. The molecule has 1 saturated heterocycles. The summed E-state index contributed by atoms with van der Waals surface area (Å²) in [6.45, 7) is 2.42. The van der Waals surface area contributed by atoms with Crippen LogP contribution in [-0.2, 0) is 11.3 Å². The average molecular weight is 317 g/mol. The lowest BCUT2D eigenvalue weighted by molar-refractivity contribution is -0.133. The smallest absolute Gasteiger partial charge is 0.224 e. The second-order valence-corrected chi connectivity index (χ2v) is 6.47. The molecule has 1 aliphatic heterocycles. The lowest BCUT2D eigenvalue weighted by Gasteiger charge is -2.35. The number of benzene rings is 1. The fourth-order valence-corrected chi connectivity index (χ4v) is 3.81. The quantitative estimate of drug-likeness (QED) is 0.861. The van der Waals surface area contributed by atoms with E-state index in [1.807, 2.05) is 48.2 Å². The molecular weight excluding hydrogens is 298 g/mol. The first-order chi connectivity index (χ1) is 10.7. The predicted molar refractivity (Wildman–Crippen MR) is 86.8 cm³/mol. The standard InChI is InChI=1S/C17H19NO3S/c1-12-3-6-15(21-12)11-18-16(19)9-10-22-17(18)13-4-7-14(20-2)8-5-13/h3-8,17H,9-11H2,1-2H3. The number of nitrogens with zero attached hydrogens (tertiary/aromatic N) is 1. The third-order valence-electron chi connectivity index (χ3n) is 3.72. The van der Waals surface area contributed by atoms with Crippen molar-refractivity contribution in [2.75, 3.05) is 12.9 Å². The van der Waals surface area contributed by atoms with Crippen LogP contribution in [0.2, 0.25) is 0 Å². The Kier molecular flexibility index (Phi) is 4.43.